The van der Waals surface area contributed by atoms with Gasteiger partial charge in [-0.3, -0.25) is 4.79 Å². The number of methoxy groups -OCH3 is 1. The molecule has 0 spiro atoms. The molecule has 0 saturated carbocycles. The van der Waals surface area contributed by atoms with E-state index < -0.39 is 11.7 Å². The highest BCUT2D eigenvalue weighted by atomic mass is 35.5. The second kappa shape index (κ2) is 8.35. The average Bonchev–Trinajstić information content (AvgIpc) is 2.67. The molecule has 1 atom stereocenters. The van der Waals surface area contributed by atoms with Gasteiger partial charge in [0.05, 0.1) is 12.8 Å². The Balaban J connectivity index is 1.79. The van der Waals surface area contributed by atoms with Crippen LogP contribution in [-0.4, -0.2) is 19.1 Å². The number of hydrogen-bond donors (Lipinski definition) is 1. The first-order valence-electron chi connectivity index (χ1n) is 8.79. The molecular formula is C21H20ClNO5. The van der Waals surface area contributed by atoms with E-state index in [2.05, 4.69) is 5.32 Å². The predicted octanol–water partition coefficient (Wildman–Crippen LogP) is 4.42. The lowest BCUT2D eigenvalue weighted by molar-refractivity contribution is -0.122. The van der Waals surface area contributed by atoms with Gasteiger partial charge in [-0.2, -0.15) is 0 Å². The number of carbonyl (C=O) groups is 1. The third-order valence-electron chi connectivity index (χ3n) is 4.28. The molecule has 0 aliphatic carbocycles. The molecule has 0 unspecified atom stereocenters. The number of carbonyl (C=O) groups excluding carboxylic acids is 1. The van der Waals surface area contributed by atoms with Gasteiger partial charge in [0.15, 0.2) is 6.10 Å². The normalized spacial score (nSPS) is 11.9. The number of nitrogens with one attached hydrogen (secondary N) is 1. The highest BCUT2D eigenvalue weighted by molar-refractivity contribution is 6.31. The lowest BCUT2D eigenvalue weighted by Gasteiger charge is -2.16. The van der Waals surface area contributed by atoms with E-state index in [4.69, 9.17) is 25.5 Å². The largest absolute Gasteiger partial charge is 0.495 e. The monoisotopic (exact) mass is 401 g/mol. The zero-order chi connectivity index (χ0) is 20.3. The van der Waals surface area contributed by atoms with Crippen molar-refractivity contribution in [3.63, 3.8) is 0 Å². The number of ether oxygens (including phenoxy) is 2. The molecule has 28 heavy (non-hydrogen) atoms. The second-order valence-corrected chi connectivity index (χ2v) is 6.63. The van der Waals surface area contributed by atoms with Crippen LogP contribution >= 0.6 is 11.6 Å². The van der Waals surface area contributed by atoms with Gasteiger partial charge in [-0.25, -0.2) is 4.79 Å². The molecule has 1 aromatic heterocycles. The van der Waals surface area contributed by atoms with Gasteiger partial charge in [0.1, 0.15) is 17.1 Å². The number of fused-ring (bicyclic) bond motifs is 1. The molecule has 0 bridgehead atoms. The van der Waals surface area contributed by atoms with E-state index in [0.29, 0.717) is 34.2 Å². The molecule has 146 valence electrons. The summed E-state index contributed by atoms with van der Waals surface area (Å²) in [5, 5.41) is 4.06. The van der Waals surface area contributed by atoms with Crippen molar-refractivity contribution in [1.82, 2.24) is 0 Å². The molecule has 3 aromatic rings. The first-order chi connectivity index (χ1) is 13.4. The fourth-order valence-corrected chi connectivity index (χ4v) is 3.02. The summed E-state index contributed by atoms with van der Waals surface area (Å²) in [5.41, 5.74) is 1.36. The third-order valence-corrected chi connectivity index (χ3v) is 4.52. The Labute approximate surface area is 167 Å². The molecular weight excluding hydrogens is 382 g/mol. The van der Waals surface area contributed by atoms with Crippen molar-refractivity contribution in [2.45, 2.75) is 26.4 Å². The van der Waals surface area contributed by atoms with Crippen LogP contribution in [0.25, 0.3) is 11.0 Å². The molecule has 1 heterocycles. The van der Waals surface area contributed by atoms with Gasteiger partial charge < -0.3 is 19.2 Å². The highest BCUT2D eigenvalue weighted by Crippen LogP contribution is 2.28. The average molecular weight is 402 g/mol. The van der Waals surface area contributed by atoms with Crippen molar-refractivity contribution in [1.29, 1.82) is 0 Å². The summed E-state index contributed by atoms with van der Waals surface area (Å²) >= 11 is 5.99. The van der Waals surface area contributed by atoms with E-state index in [1.807, 2.05) is 13.0 Å². The van der Waals surface area contributed by atoms with Crippen LogP contribution in [0.2, 0.25) is 5.02 Å². The molecule has 0 aliphatic heterocycles. The summed E-state index contributed by atoms with van der Waals surface area (Å²) in [6, 6.07) is 11.6. The van der Waals surface area contributed by atoms with Gasteiger partial charge in [0.25, 0.3) is 5.91 Å². The van der Waals surface area contributed by atoms with E-state index in [0.717, 1.165) is 10.9 Å². The molecule has 0 saturated heterocycles. The van der Waals surface area contributed by atoms with Gasteiger partial charge in [0, 0.05) is 22.5 Å². The van der Waals surface area contributed by atoms with Crippen LogP contribution in [0.5, 0.6) is 11.5 Å². The SMILES string of the molecule is CCc1cc(=O)oc2cc(O[C@H](C)C(=O)Nc3cc(Cl)ccc3OC)ccc12. The summed E-state index contributed by atoms with van der Waals surface area (Å²) in [4.78, 5) is 24.2. The molecule has 0 aliphatic rings. The molecule has 6 nitrogen and oxygen atoms in total. The Kier molecular flexibility index (Phi) is 5.90. The van der Waals surface area contributed by atoms with Crippen molar-refractivity contribution in [2.24, 2.45) is 0 Å². The summed E-state index contributed by atoms with van der Waals surface area (Å²) < 4.78 is 16.2. The summed E-state index contributed by atoms with van der Waals surface area (Å²) in [6.45, 7) is 3.59. The molecule has 0 radical (unpaired) electrons. The van der Waals surface area contributed by atoms with E-state index in [9.17, 15) is 9.59 Å². The fourth-order valence-electron chi connectivity index (χ4n) is 2.85. The van der Waals surface area contributed by atoms with E-state index in [1.54, 1.807) is 37.3 Å². The number of halogens is 1. The van der Waals surface area contributed by atoms with Crippen LogP contribution < -0.4 is 20.4 Å². The molecule has 1 amide bonds. The van der Waals surface area contributed by atoms with Crippen LogP contribution in [0.15, 0.2) is 51.7 Å². The molecule has 2 aromatic carbocycles. The minimum atomic E-state index is -0.804. The van der Waals surface area contributed by atoms with E-state index in [1.165, 1.54) is 13.2 Å². The lowest BCUT2D eigenvalue weighted by atomic mass is 10.1. The number of amides is 1. The Morgan fingerprint density at radius 3 is 2.71 bits per heavy atom. The van der Waals surface area contributed by atoms with Gasteiger partial charge in [-0.15, -0.1) is 0 Å². The lowest BCUT2D eigenvalue weighted by Crippen LogP contribution is -2.30. The topological polar surface area (TPSA) is 77.8 Å². The Morgan fingerprint density at radius 2 is 2.00 bits per heavy atom. The van der Waals surface area contributed by atoms with Crippen LogP contribution in [0, 0.1) is 0 Å². The second-order valence-electron chi connectivity index (χ2n) is 6.20. The number of aryl methyl sites for hydroxylation is 1. The van der Waals surface area contributed by atoms with Gasteiger partial charge in [-0.1, -0.05) is 18.5 Å². The van der Waals surface area contributed by atoms with Crippen molar-refractivity contribution >= 4 is 34.2 Å². The van der Waals surface area contributed by atoms with Gasteiger partial charge in [-0.05, 0) is 49.2 Å². The van der Waals surface area contributed by atoms with Crippen molar-refractivity contribution in [2.75, 3.05) is 12.4 Å². The number of anilines is 1. The summed E-state index contributed by atoms with van der Waals surface area (Å²) in [6.07, 6.45) is -0.0926. The maximum absolute atomic E-state index is 12.5. The number of hydrogen-bond acceptors (Lipinski definition) is 5. The van der Waals surface area contributed by atoms with Crippen molar-refractivity contribution in [3.8, 4) is 11.5 Å². The van der Waals surface area contributed by atoms with Gasteiger partial charge in [0.2, 0.25) is 0 Å². The minimum absolute atomic E-state index is 0.371. The number of benzene rings is 2. The molecule has 7 heteroatoms. The Morgan fingerprint density at radius 1 is 1.21 bits per heavy atom. The smallest absolute Gasteiger partial charge is 0.336 e. The van der Waals surface area contributed by atoms with Crippen molar-refractivity contribution in [3.05, 3.63) is 63.5 Å². The predicted molar refractivity (Wildman–Crippen MR) is 109 cm³/mol. The maximum Gasteiger partial charge on any atom is 0.336 e. The Hall–Kier alpha value is -2.99. The Bertz CT molecular complexity index is 1080. The molecule has 0 fully saturated rings. The van der Waals surface area contributed by atoms with E-state index >= 15 is 0 Å². The first kappa shape index (κ1) is 19.8. The van der Waals surface area contributed by atoms with Crippen LogP contribution in [0.3, 0.4) is 0 Å². The zero-order valence-electron chi connectivity index (χ0n) is 15.7. The highest BCUT2D eigenvalue weighted by Gasteiger charge is 2.18. The minimum Gasteiger partial charge on any atom is -0.495 e. The summed E-state index contributed by atoms with van der Waals surface area (Å²) in [7, 11) is 1.51. The van der Waals surface area contributed by atoms with Crippen LogP contribution in [-0.2, 0) is 11.2 Å². The fraction of sp³-hybridized carbons (Fsp3) is 0.238. The third kappa shape index (κ3) is 4.28. The van der Waals surface area contributed by atoms with Crippen LogP contribution in [0.4, 0.5) is 5.69 Å². The van der Waals surface area contributed by atoms with E-state index in [-0.39, 0.29) is 5.91 Å². The zero-order valence-corrected chi connectivity index (χ0v) is 16.5. The van der Waals surface area contributed by atoms with Gasteiger partial charge >= 0.3 is 5.63 Å². The molecule has 3 rings (SSSR count). The summed E-state index contributed by atoms with van der Waals surface area (Å²) in [5.74, 6) is 0.540. The first-order valence-corrected chi connectivity index (χ1v) is 9.17. The standard InChI is InChI=1S/C21H20ClNO5/c1-4-13-9-20(24)28-19-11-15(6-7-16(13)19)27-12(2)21(25)23-17-10-14(22)5-8-18(17)26-3/h5-12H,4H2,1-3H3,(H,23,25)/t12-/m1/s1. The maximum atomic E-state index is 12.5. The molecule has 1 N–H and O–H groups in total. The quantitative estimate of drug-likeness (QED) is 0.618. The number of rotatable bonds is 6. The van der Waals surface area contributed by atoms with Crippen LogP contribution in [0.1, 0.15) is 19.4 Å². The van der Waals surface area contributed by atoms with Crippen molar-refractivity contribution < 1.29 is 18.7 Å².